The molecule has 2 rings (SSSR count). The predicted octanol–water partition coefficient (Wildman–Crippen LogP) is 1.77. The van der Waals surface area contributed by atoms with Gasteiger partial charge in [0.25, 0.3) is 0 Å². The Labute approximate surface area is 95.7 Å². The number of aliphatic carboxylic acids is 1. The molecule has 0 saturated carbocycles. The molecular weight excluding hydrogens is 202 g/mol. The maximum atomic E-state index is 10.8. The fraction of sp³-hybridized carbons (Fsp3) is 0.462. The van der Waals surface area contributed by atoms with E-state index in [1.807, 2.05) is 6.07 Å². The van der Waals surface area contributed by atoms with Crippen molar-refractivity contribution in [2.45, 2.75) is 19.9 Å². The Balaban J connectivity index is 2.00. The molecule has 3 nitrogen and oxygen atoms in total. The van der Waals surface area contributed by atoms with Crippen molar-refractivity contribution in [2.24, 2.45) is 5.92 Å². The van der Waals surface area contributed by atoms with Gasteiger partial charge in [0.05, 0.1) is 5.92 Å². The van der Waals surface area contributed by atoms with Gasteiger partial charge in [-0.3, -0.25) is 9.69 Å². The van der Waals surface area contributed by atoms with Crippen molar-refractivity contribution < 1.29 is 9.90 Å². The van der Waals surface area contributed by atoms with Crippen LogP contribution >= 0.6 is 0 Å². The monoisotopic (exact) mass is 219 g/mol. The van der Waals surface area contributed by atoms with Gasteiger partial charge in [-0.1, -0.05) is 31.2 Å². The summed E-state index contributed by atoms with van der Waals surface area (Å²) in [6.45, 7) is 4.26. The van der Waals surface area contributed by atoms with E-state index in [9.17, 15) is 4.79 Å². The normalized spacial score (nSPS) is 17.8. The lowest BCUT2D eigenvalue weighted by atomic mass is 9.99. The SMILES string of the molecule is C[C@H](CN1CCc2ccccc2C1)C(=O)O. The Morgan fingerprint density at radius 1 is 1.44 bits per heavy atom. The van der Waals surface area contributed by atoms with Crippen LogP contribution in [0.5, 0.6) is 0 Å². The summed E-state index contributed by atoms with van der Waals surface area (Å²) in [7, 11) is 0. The molecule has 1 aliphatic rings. The molecule has 0 fully saturated rings. The Morgan fingerprint density at radius 3 is 2.81 bits per heavy atom. The lowest BCUT2D eigenvalue weighted by Gasteiger charge is -2.29. The van der Waals surface area contributed by atoms with E-state index in [4.69, 9.17) is 5.11 Å². The van der Waals surface area contributed by atoms with Crippen molar-refractivity contribution in [3.63, 3.8) is 0 Å². The number of hydrogen-bond acceptors (Lipinski definition) is 2. The number of carboxylic acids is 1. The van der Waals surface area contributed by atoms with Gasteiger partial charge in [0, 0.05) is 19.6 Å². The molecule has 0 amide bonds. The third-order valence-corrected chi connectivity index (χ3v) is 3.16. The zero-order valence-electron chi connectivity index (χ0n) is 9.52. The molecule has 0 aromatic heterocycles. The van der Waals surface area contributed by atoms with Crippen LogP contribution < -0.4 is 0 Å². The number of carbonyl (C=O) groups is 1. The summed E-state index contributed by atoms with van der Waals surface area (Å²) in [5, 5.41) is 8.88. The van der Waals surface area contributed by atoms with Crippen molar-refractivity contribution in [3.05, 3.63) is 35.4 Å². The maximum absolute atomic E-state index is 10.8. The van der Waals surface area contributed by atoms with Crippen molar-refractivity contribution >= 4 is 5.97 Å². The van der Waals surface area contributed by atoms with Crippen LogP contribution in [-0.2, 0) is 17.8 Å². The topological polar surface area (TPSA) is 40.5 Å². The minimum absolute atomic E-state index is 0.287. The number of fused-ring (bicyclic) bond motifs is 1. The molecule has 1 heterocycles. The van der Waals surface area contributed by atoms with Crippen LogP contribution in [-0.4, -0.2) is 29.1 Å². The second kappa shape index (κ2) is 4.66. The number of benzene rings is 1. The first-order valence-electron chi connectivity index (χ1n) is 5.69. The number of rotatable bonds is 3. The smallest absolute Gasteiger partial charge is 0.307 e. The molecule has 1 aromatic rings. The summed E-state index contributed by atoms with van der Waals surface area (Å²) >= 11 is 0. The van der Waals surface area contributed by atoms with E-state index in [1.165, 1.54) is 11.1 Å². The second-order valence-corrected chi connectivity index (χ2v) is 4.49. The number of nitrogens with zero attached hydrogens (tertiary/aromatic N) is 1. The highest BCUT2D eigenvalue weighted by Crippen LogP contribution is 2.19. The molecule has 0 aliphatic carbocycles. The van der Waals surface area contributed by atoms with E-state index in [2.05, 4.69) is 23.1 Å². The van der Waals surface area contributed by atoms with Gasteiger partial charge in [-0.2, -0.15) is 0 Å². The highest BCUT2D eigenvalue weighted by molar-refractivity contribution is 5.69. The van der Waals surface area contributed by atoms with E-state index in [0.717, 1.165) is 19.5 Å². The summed E-state index contributed by atoms with van der Waals surface area (Å²) in [5.41, 5.74) is 2.74. The Bertz CT molecular complexity index is 389. The average molecular weight is 219 g/mol. The fourth-order valence-corrected chi connectivity index (χ4v) is 2.18. The molecular formula is C13H17NO2. The van der Waals surface area contributed by atoms with Crippen LogP contribution in [0.25, 0.3) is 0 Å². The molecule has 3 heteroatoms. The Morgan fingerprint density at radius 2 is 2.12 bits per heavy atom. The molecule has 86 valence electrons. The standard InChI is InChI=1S/C13H17NO2/c1-10(13(15)16)8-14-7-6-11-4-2-3-5-12(11)9-14/h2-5,10H,6-9H2,1H3,(H,15,16)/t10-/m1/s1. The zero-order valence-corrected chi connectivity index (χ0v) is 9.52. The fourth-order valence-electron chi connectivity index (χ4n) is 2.18. The van der Waals surface area contributed by atoms with Gasteiger partial charge < -0.3 is 5.11 Å². The van der Waals surface area contributed by atoms with Gasteiger partial charge >= 0.3 is 5.97 Å². The Hall–Kier alpha value is -1.35. The molecule has 1 atom stereocenters. The first-order chi connectivity index (χ1) is 7.66. The predicted molar refractivity (Wildman–Crippen MR) is 62.2 cm³/mol. The van der Waals surface area contributed by atoms with Crippen molar-refractivity contribution in [2.75, 3.05) is 13.1 Å². The summed E-state index contributed by atoms with van der Waals surface area (Å²) in [5.74, 6) is -0.996. The molecule has 1 N–H and O–H groups in total. The van der Waals surface area contributed by atoms with Crippen molar-refractivity contribution in [3.8, 4) is 0 Å². The largest absolute Gasteiger partial charge is 0.481 e. The molecule has 0 saturated heterocycles. The summed E-state index contributed by atoms with van der Waals surface area (Å²) in [6, 6.07) is 8.40. The first kappa shape index (κ1) is 11.1. The average Bonchev–Trinajstić information content (AvgIpc) is 2.28. The molecule has 1 aromatic carbocycles. The van der Waals surface area contributed by atoms with Crippen LogP contribution in [0.1, 0.15) is 18.1 Å². The van der Waals surface area contributed by atoms with E-state index in [1.54, 1.807) is 6.92 Å². The number of hydrogen-bond donors (Lipinski definition) is 1. The quantitative estimate of drug-likeness (QED) is 0.842. The van der Waals surface area contributed by atoms with Crippen LogP contribution in [0.15, 0.2) is 24.3 Å². The first-order valence-corrected chi connectivity index (χ1v) is 5.69. The van der Waals surface area contributed by atoms with E-state index < -0.39 is 5.97 Å². The van der Waals surface area contributed by atoms with Gasteiger partial charge in [-0.25, -0.2) is 0 Å². The highest BCUT2D eigenvalue weighted by Gasteiger charge is 2.20. The van der Waals surface area contributed by atoms with E-state index >= 15 is 0 Å². The van der Waals surface area contributed by atoms with Crippen LogP contribution in [0.3, 0.4) is 0 Å². The van der Waals surface area contributed by atoms with Crippen LogP contribution in [0.4, 0.5) is 0 Å². The summed E-state index contributed by atoms with van der Waals surface area (Å²) in [6.07, 6.45) is 1.03. The highest BCUT2D eigenvalue weighted by atomic mass is 16.4. The van der Waals surface area contributed by atoms with Gasteiger partial charge in [-0.05, 0) is 17.5 Å². The summed E-state index contributed by atoms with van der Waals surface area (Å²) < 4.78 is 0. The zero-order chi connectivity index (χ0) is 11.5. The van der Waals surface area contributed by atoms with Gasteiger partial charge in [0.2, 0.25) is 0 Å². The Kier molecular flexibility index (Phi) is 3.25. The molecule has 0 radical (unpaired) electrons. The van der Waals surface area contributed by atoms with Crippen molar-refractivity contribution in [1.29, 1.82) is 0 Å². The third-order valence-electron chi connectivity index (χ3n) is 3.16. The minimum atomic E-state index is -0.709. The molecule has 0 bridgehead atoms. The lowest BCUT2D eigenvalue weighted by Crippen LogP contribution is -2.36. The van der Waals surface area contributed by atoms with Gasteiger partial charge in [0.1, 0.15) is 0 Å². The van der Waals surface area contributed by atoms with Crippen LogP contribution in [0, 0.1) is 5.92 Å². The molecule has 16 heavy (non-hydrogen) atoms. The second-order valence-electron chi connectivity index (χ2n) is 4.49. The molecule has 0 unspecified atom stereocenters. The minimum Gasteiger partial charge on any atom is -0.481 e. The van der Waals surface area contributed by atoms with Gasteiger partial charge in [0.15, 0.2) is 0 Å². The van der Waals surface area contributed by atoms with E-state index in [-0.39, 0.29) is 5.92 Å². The molecule has 0 spiro atoms. The van der Waals surface area contributed by atoms with Gasteiger partial charge in [-0.15, -0.1) is 0 Å². The van der Waals surface area contributed by atoms with Crippen LogP contribution in [0.2, 0.25) is 0 Å². The maximum Gasteiger partial charge on any atom is 0.307 e. The number of carboxylic acid groups (broad SMARTS) is 1. The lowest BCUT2D eigenvalue weighted by molar-refractivity contribution is -0.141. The summed E-state index contributed by atoms with van der Waals surface area (Å²) in [4.78, 5) is 13.0. The third kappa shape index (κ3) is 2.42. The molecule has 1 aliphatic heterocycles. The van der Waals surface area contributed by atoms with E-state index in [0.29, 0.717) is 6.54 Å². The van der Waals surface area contributed by atoms with Crippen molar-refractivity contribution in [1.82, 2.24) is 4.90 Å².